The van der Waals surface area contributed by atoms with Crippen LogP contribution in [0.15, 0.2) is 0 Å². The molecule has 1 fully saturated rings. The highest BCUT2D eigenvalue weighted by atomic mass is 16.7. The topological polar surface area (TPSA) is 156 Å². The summed E-state index contributed by atoms with van der Waals surface area (Å²) in [6.07, 6.45) is 3.18. The average molecular weight is 703 g/mol. The maximum atomic E-state index is 10.9. The molecule has 0 N–H and O–H groups in total. The first-order valence-electron chi connectivity index (χ1n) is 17.1. The lowest BCUT2D eigenvalue weighted by Crippen LogP contribution is -2.24. The van der Waals surface area contributed by atoms with E-state index in [-0.39, 0.29) is 12.9 Å². The lowest BCUT2D eigenvalue weighted by atomic mass is 10.2. The van der Waals surface area contributed by atoms with Crippen LogP contribution in [0.5, 0.6) is 0 Å². The van der Waals surface area contributed by atoms with Crippen molar-refractivity contribution in [2.24, 2.45) is 0 Å². The predicted octanol–water partition coefficient (Wildman–Crippen LogP) is 0.902. The smallest absolute Gasteiger partial charge is 0.331 e. The van der Waals surface area contributed by atoms with Crippen LogP contribution in [0.1, 0.15) is 19.3 Å². The van der Waals surface area contributed by atoms with Crippen LogP contribution >= 0.6 is 0 Å². The molecule has 0 aromatic heterocycles. The Morgan fingerprint density at radius 2 is 0.729 bits per heavy atom. The molecule has 0 aromatic carbocycles. The van der Waals surface area contributed by atoms with Gasteiger partial charge in [-0.25, -0.2) is 4.79 Å². The van der Waals surface area contributed by atoms with E-state index in [2.05, 4.69) is 4.74 Å². The van der Waals surface area contributed by atoms with Gasteiger partial charge < -0.3 is 71.1 Å². The summed E-state index contributed by atoms with van der Waals surface area (Å²) in [5.41, 5.74) is 0. The van der Waals surface area contributed by atoms with E-state index in [1.54, 1.807) is 0 Å². The number of hydrogen-bond acceptors (Lipinski definition) is 16. The predicted molar refractivity (Wildman–Crippen MR) is 171 cm³/mol. The fourth-order valence-electron chi connectivity index (χ4n) is 3.71. The Hall–Kier alpha value is -1.09. The zero-order valence-electron chi connectivity index (χ0n) is 29.1. The number of methoxy groups -OCH3 is 1. The fourth-order valence-corrected chi connectivity index (χ4v) is 3.71. The molecule has 48 heavy (non-hydrogen) atoms. The summed E-state index contributed by atoms with van der Waals surface area (Å²) in [6.45, 7) is 12.4. The minimum atomic E-state index is -0.408. The average Bonchev–Trinajstić information content (AvgIpc) is 3.11. The number of carbonyl (C=O) groups excluding carboxylic acids is 1. The van der Waals surface area contributed by atoms with Crippen LogP contribution in [-0.2, 0) is 75.8 Å². The molecule has 1 aliphatic heterocycles. The Morgan fingerprint density at radius 3 is 1.00 bits per heavy atom. The molecule has 0 radical (unpaired) electrons. The molecule has 286 valence electrons. The maximum absolute atomic E-state index is 10.9. The van der Waals surface area contributed by atoms with Crippen molar-refractivity contribution in [3.8, 4) is 0 Å². The maximum Gasteiger partial charge on any atom is 0.331 e. The van der Waals surface area contributed by atoms with Crippen molar-refractivity contribution in [3.05, 3.63) is 0 Å². The monoisotopic (exact) mass is 702 g/mol. The first kappa shape index (κ1) is 44.9. The molecular weight excluding hydrogens is 640 g/mol. The van der Waals surface area contributed by atoms with Gasteiger partial charge in [0.15, 0.2) is 6.29 Å². The van der Waals surface area contributed by atoms with Crippen LogP contribution in [0.4, 0.5) is 0 Å². The normalized spacial score (nSPS) is 14.9. The van der Waals surface area contributed by atoms with Crippen molar-refractivity contribution < 1.29 is 75.8 Å². The van der Waals surface area contributed by atoms with E-state index < -0.39 is 5.97 Å². The van der Waals surface area contributed by atoms with E-state index in [9.17, 15) is 4.79 Å². The molecule has 0 saturated carbocycles. The van der Waals surface area contributed by atoms with Crippen molar-refractivity contribution in [2.45, 2.75) is 25.6 Å². The minimum absolute atomic E-state index is 0.0700. The van der Waals surface area contributed by atoms with E-state index >= 15 is 0 Å². The number of hydrogen-bond donors (Lipinski definition) is 0. The molecule has 1 heterocycles. The van der Waals surface area contributed by atoms with Gasteiger partial charge in [-0.15, -0.1) is 0 Å². The van der Waals surface area contributed by atoms with Gasteiger partial charge in [-0.2, -0.15) is 0 Å². The molecule has 1 atom stereocenters. The van der Waals surface area contributed by atoms with E-state index in [1.165, 1.54) is 7.11 Å². The molecule has 0 bridgehead atoms. The molecular formula is C32H62O16. The quantitative estimate of drug-likeness (QED) is 0.0657. The third-order valence-corrected chi connectivity index (χ3v) is 6.21. The summed E-state index contributed by atoms with van der Waals surface area (Å²) in [6, 6.07) is 0. The van der Waals surface area contributed by atoms with Gasteiger partial charge in [0.25, 0.3) is 0 Å². The molecule has 16 heteroatoms. The van der Waals surface area contributed by atoms with Gasteiger partial charge in [0.2, 0.25) is 0 Å². The highest BCUT2D eigenvalue weighted by Crippen LogP contribution is 2.13. The van der Waals surface area contributed by atoms with Crippen LogP contribution in [0.3, 0.4) is 0 Å². The van der Waals surface area contributed by atoms with Crippen molar-refractivity contribution >= 4 is 5.97 Å². The molecule has 0 aliphatic carbocycles. The second-order valence-corrected chi connectivity index (χ2v) is 10.0. The van der Waals surface area contributed by atoms with E-state index in [0.29, 0.717) is 159 Å². The van der Waals surface area contributed by atoms with Gasteiger partial charge in [0, 0.05) is 6.61 Å². The zero-order chi connectivity index (χ0) is 34.3. The SMILES string of the molecule is COC(=O)COCCOCCOCCOCCOCCOCCOCCOCCOCCOCCOCCOCCOC1CCCCO1. The highest BCUT2D eigenvalue weighted by Gasteiger charge is 2.13. The first-order chi connectivity index (χ1) is 23.8. The Morgan fingerprint density at radius 1 is 0.438 bits per heavy atom. The Bertz CT molecular complexity index is 641. The Kier molecular flexibility index (Phi) is 36.2. The number of esters is 1. The zero-order valence-corrected chi connectivity index (χ0v) is 29.1. The lowest BCUT2D eigenvalue weighted by Gasteiger charge is -2.22. The number of rotatable bonds is 39. The van der Waals surface area contributed by atoms with Crippen molar-refractivity contribution in [2.75, 3.05) is 179 Å². The minimum Gasteiger partial charge on any atom is -0.467 e. The van der Waals surface area contributed by atoms with Crippen LogP contribution < -0.4 is 0 Å². The summed E-state index contributed by atoms with van der Waals surface area (Å²) >= 11 is 0. The van der Waals surface area contributed by atoms with Gasteiger partial charge in [0.05, 0.1) is 166 Å². The third-order valence-electron chi connectivity index (χ3n) is 6.21. The second-order valence-electron chi connectivity index (χ2n) is 10.0. The van der Waals surface area contributed by atoms with Crippen LogP contribution in [0, 0.1) is 0 Å². The third kappa shape index (κ3) is 34.8. The van der Waals surface area contributed by atoms with Crippen molar-refractivity contribution in [1.82, 2.24) is 0 Å². The summed E-state index contributed by atoms with van der Waals surface area (Å²) in [7, 11) is 1.31. The number of carbonyl (C=O) groups is 1. The van der Waals surface area contributed by atoms with Gasteiger partial charge in [-0.3, -0.25) is 0 Å². The van der Waals surface area contributed by atoms with Gasteiger partial charge >= 0.3 is 5.97 Å². The fraction of sp³-hybridized carbons (Fsp3) is 0.969. The Labute approximate surface area is 286 Å². The van der Waals surface area contributed by atoms with E-state index in [4.69, 9.17) is 66.3 Å². The largest absolute Gasteiger partial charge is 0.467 e. The van der Waals surface area contributed by atoms with Crippen LogP contribution in [-0.4, -0.2) is 191 Å². The van der Waals surface area contributed by atoms with E-state index in [0.717, 1.165) is 25.9 Å². The number of ether oxygens (including phenoxy) is 15. The highest BCUT2D eigenvalue weighted by molar-refractivity contribution is 5.70. The molecule has 1 aliphatic rings. The molecule has 1 unspecified atom stereocenters. The van der Waals surface area contributed by atoms with Gasteiger partial charge in [-0.05, 0) is 19.3 Å². The summed E-state index contributed by atoms with van der Waals surface area (Å²) < 4.78 is 80.6. The molecule has 0 aromatic rings. The summed E-state index contributed by atoms with van der Waals surface area (Å²) in [5, 5.41) is 0. The van der Waals surface area contributed by atoms with Crippen LogP contribution in [0.2, 0.25) is 0 Å². The first-order valence-corrected chi connectivity index (χ1v) is 17.1. The van der Waals surface area contributed by atoms with Gasteiger partial charge in [-0.1, -0.05) is 0 Å². The molecule has 1 rings (SSSR count). The molecule has 16 nitrogen and oxygen atoms in total. The second kappa shape index (κ2) is 38.7. The molecule has 1 saturated heterocycles. The molecule has 0 amide bonds. The standard InChI is InChI=1S/C32H62O16/c1-34-31(33)30-46-27-26-44-23-22-42-19-18-40-15-14-38-11-10-36-7-6-35-8-9-37-12-13-39-16-17-41-20-21-43-24-25-45-28-29-48-32-4-2-3-5-47-32/h32H,2-30H2,1H3. The Balaban J connectivity index is 1.60. The summed E-state index contributed by atoms with van der Waals surface area (Å²) in [4.78, 5) is 10.9. The van der Waals surface area contributed by atoms with E-state index in [1.807, 2.05) is 0 Å². The van der Waals surface area contributed by atoms with Crippen molar-refractivity contribution in [3.63, 3.8) is 0 Å². The van der Waals surface area contributed by atoms with Crippen LogP contribution in [0.25, 0.3) is 0 Å². The lowest BCUT2D eigenvalue weighted by molar-refractivity contribution is -0.169. The van der Waals surface area contributed by atoms with Gasteiger partial charge in [0.1, 0.15) is 6.61 Å². The molecule has 0 spiro atoms. The van der Waals surface area contributed by atoms with Crippen molar-refractivity contribution in [1.29, 1.82) is 0 Å². The summed E-state index contributed by atoms with van der Waals surface area (Å²) in [5.74, 6) is -0.408.